The van der Waals surface area contributed by atoms with Crippen LogP contribution in [0.2, 0.25) is 0 Å². The van der Waals surface area contributed by atoms with E-state index in [4.69, 9.17) is 15.9 Å². The number of fused-ring (bicyclic) bond motifs is 1. The molecule has 1 heterocycles. The van der Waals surface area contributed by atoms with Gasteiger partial charge >= 0.3 is 0 Å². The van der Waals surface area contributed by atoms with Crippen LogP contribution in [0.4, 0.5) is 0 Å². The standard InChI is InChI=1S/C15H19NO2/c1-4-15(2,3)16-11-12-6-7-13-14(10-12)18-9-5-8-17-13/h1,6-7,10,16H,5,8-9,11H2,2-3H3. The number of hydrogen-bond acceptors (Lipinski definition) is 3. The molecular weight excluding hydrogens is 226 g/mol. The van der Waals surface area contributed by atoms with Gasteiger partial charge in [-0.1, -0.05) is 12.0 Å². The average molecular weight is 245 g/mol. The largest absolute Gasteiger partial charge is 0.490 e. The first-order chi connectivity index (χ1) is 8.61. The molecule has 96 valence electrons. The van der Waals surface area contributed by atoms with Gasteiger partial charge in [0.1, 0.15) is 0 Å². The second-order valence-electron chi connectivity index (χ2n) is 4.95. The van der Waals surface area contributed by atoms with Crippen LogP contribution in [-0.2, 0) is 6.54 Å². The quantitative estimate of drug-likeness (QED) is 0.829. The van der Waals surface area contributed by atoms with Gasteiger partial charge in [0, 0.05) is 13.0 Å². The Morgan fingerprint density at radius 2 is 2.00 bits per heavy atom. The number of hydrogen-bond donors (Lipinski definition) is 1. The summed E-state index contributed by atoms with van der Waals surface area (Å²) >= 11 is 0. The fraction of sp³-hybridized carbons (Fsp3) is 0.467. The zero-order valence-corrected chi connectivity index (χ0v) is 11.0. The third-order valence-corrected chi connectivity index (χ3v) is 2.91. The van der Waals surface area contributed by atoms with Gasteiger partial charge in [0.15, 0.2) is 11.5 Å². The van der Waals surface area contributed by atoms with Gasteiger partial charge in [-0.2, -0.15) is 0 Å². The first-order valence-electron chi connectivity index (χ1n) is 6.22. The highest BCUT2D eigenvalue weighted by Gasteiger charge is 2.14. The van der Waals surface area contributed by atoms with E-state index in [0.717, 1.165) is 23.5 Å². The summed E-state index contributed by atoms with van der Waals surface area (Å²) in [5.41, 5.74) is 0.840. The molecule has 0 saturated heterocycles. The minimum Gasteiger partial charge on any atom is -0.490 e. The van der Waals surface area contributed by atoms with Crippen LogP contribution in [0.1, 0.15) is 25.8 Å². The topological polar surface area (TPSA) is 30.5 Å². The third-order valence-electron chi connectivity index (χ3n) is 2.91. The molecule has 1 aliphatic rings. The molecule has 3 heteroatoms. The number of terminal acetylenes is 1. The molecular formula is C15H19NO2. The lowest BCUT2D eigenvalue weighted by molar-refractivity contribution is 0.297. The van der Waals surface area contributed by atoms with Crippen LogP contribution in [-0.4, -0.2) is 18.8 Å². The highest BCUT2D eigenvalue weighted by atomic mass is 16.5. The maximum absolute atomic E-state index is 5.65. The van der Waals surface area contributed by atoms with E-state index in [1.807, 2.05) is 32.0 Å². The minimum absolute atomic E-state index is 0.301. The van der Waals surface area contributed by atoms with Crippen molar-refractivity contribution < 1.29 is 9.47 Å². The molecule has 0 amide bonds. The van der Waals surface area contributed by atoms with Gasteiger partial charge in [-0.05, 0) is 31.5 Å². The van der Waals surface area contributed by atoms with Crippen molar-refractivity contribution in [1.82, 2.24) is 5.32 Å². The van der Waals surface area contributed by atoms with Crippen molar-refractivity contribution in [2.24, 2.45) is 0 Å². The van der Waals surface area contributed by atoms with Gasteiger partial charge in [-0.15, -0.1) is 6.42 Å². The van der Waals surface area contributed by atoms with Crippen molar-refractivity contribution in [3.05, 3.63) is 23.8 Å². The van der Waals surface area contributed by atoms with Crippen LogP contribution in [0.15, 0.2) is 18.2 Å². The van der Waals surface area contributed by atoms with E-state index in [0.29, 0.717) is 19.8 Å². The Kier molecular flexibility index (Phi) is 3.78. The van der Waals surface area contributed by atoms with Crippen molar-refractivity contribution in [2.45, 2.75) is 32.4 Å². The SMILES string of the molecule is C#CC(C)(C)NCc1ccc2c(c1)OCCCO2. The molecule has 0 aliphatic carbocycles. The van der Waals surface area contributed by atoms with Gasteiger partial charge in [0.05, 0.1) is 18.8 Å². The Labute approximate surface area is 108 Å². The van der Waals surface area contributed by atoms with E-state index in [-0.39, 0.29) is 5.54 Å². The number of nitrogens with one attached hydrogen (secondary N) is 1. The summed E-state index contributed by atoms with van der Waals surface area (Å²) in [5, 5.41) is 3.31. The van der Waals surface area contributed by atoms with Crippen molar-refractivity contribution >= 4 is 0 Å². The molecule has 0 fully saturated rings. The molecule has 1 aliphatic heterocycles. The summed E-state index contributed by atoms with van der Waals surface area (Å²) < 4.78 is 11.2. The van der Waals surface area contributed by atoms with E-state index < -0.39 is 0 Å². The molecule has 0 aromatic heterocycles. The lowest BCUT2D eigenvalue weighted by Crippen LogP contribution is -2.36. The number of rotatable bonds is 3. The molecule has 1 N–H and O–H groups in total. The maximum atomic E-state index is 5.65. The lowest BCUT2D eigenvalue weighted by Gasteiger charge is -2.20. The van der Waals surface area contributed by atoms with Crippen LogP contribution in [0.5, 0.6) is 11.5 Å². The average Bonchev–Trinajstić information content (AvgIpc) is 2.61. The Morgan fingerprint density at radius 1 is 1.28 bits per heavy atom. The fourth-order valence-electron chi connectivity index (χ4n) is 1.69. The predicted molar refractivity (Wildman–Crippen MR) is 71.8 cm³/mol. The third kappa shape index (κ3) is 3.18. The Balaban J connectivity index is 2.07. The first-order valence-corrected chi connectivity index (χ1v) is 6.22. The van der Waals surface area contributed by atoms with Crippen LogP contribution in [0.3, 0.4) is 0 Å². The summed E-state index contributed by atoms with van der Waals surface area (Å²) in [6, 6.07) is 6.01. The van der Waals surface area contributed by atoms with Gasteiger partial charge in [-0.25, -0.2) is 0 Å². The summed E-state index contributed by atoms with van der Waals surface area (Å²) in [5.74, 6) is 4.37. The highest BCUT2D eigenvalue weighted by Crippen LogP contribution is 2.30. The molecule has 0 radical (unpaired) electrons. The van der Waals surface area contributed by atoms with Gasteiger partial charge in [-0.3, -0.25) is 5.32 Å². The van der Waals surface area contributed by atoms with Crippen LogP contribution >= 0.6 is 0 Å². The van der Waals surface area contributed by atoms with Crippen molar-refractivity contribution in [1.29, 1.82) is 0 Å². The summed E-state index contributed by atoms with van der Waals surface area (Å²) in [6.45, 7) is 6.11. The Bertz CT molecular complexity index is 460. The zero-order valence-electron chi connectivity index (χ0n) is 11.0. The molecule has 2 rings (SSSR count). The summed E-state index contributed by atoms with van der Waals surface area (Å²) in [4.78, 5) is 0. The number of benzene rings is 1. The van der Waals surface area contributed by atoms with Gasteiger partial charge in [0.25, 0.3) is 0 Å². The van der Waals surface area contributed by atoms with E-state index in [1.165, 1.54) is 0 Å². The normalized spacial score (nSPS) is 14.7. The maximum Gasteiger partial charge on any atom is 0.161 e. The second kappa shape index (κ2) is 5.32. The smallest absolute Gasteiger partial charge is 0.161 e. The first kappa shape index (κ1) is 12.8. The second-order valence-corrected chi connectivity index (χ2v) is 4.95. The lowest BCUT2D eigenvalue weighted by atomic mass is 10.1. The molecule has 0 spiro atoms. The molecule has 0 bridgehead atoms. The molecule has 1 aromatic carbocycles. The Hall–Kier alpha value is -1.66. The Morgan fingerprint density at radius 3 is 2.72 bits per heavy atom. The molecule has 3 nitrogen and oxygen atoms in total. The number of ether oxygens (including phenoxy) is 2. The van der Waals surface area contributed by atoms with Crippen molar-refractivity contribution in [2.75, 3.05) is 13.2 Å². The van der Waals surface area contributed by atoms with Crippen molar-refractivity contribution in [3.8, 4) is 23.8 Å². The molecule has 0 saturated carbocycles. The molecule has 18 heavy (non-hydrogen) atoms. The van der Waals surface area contributed by atoms with Crippen LogP contribution in [0, 0.1) is 12.3 Å². The fourth-order valence-corrected chi connectivity index (χ4v) is 1.69. The van der Waals surface area contributed by atoms with Gasteiger partial charge in [0.2, 0.25) is 0 Å². The van der Waals surface area contributed by atoms with Crippen LogP contribution in [0.25, 0.3) is 0 Å². The van der Waals surface area contributed by atoms with E-state index >= 15 is 0 Å². The summed E-state index contributed by atoms with van der Waals surface area (Å²) in [6.07, 6.45) is 6.37. The van der Waals surface area contributed by atoms with E-state index in [2.05, 4.69) is 11.2 Å². The molecule has 1 aromatic rings. The van der Waals surface area contributed by atoms with Crippen molar-refractivity contribution in [3.63, 3.8) is 0 Å². The van der Waals surface area contributed by atoms with Crippen LogP contribution < -0.4 is 14.8 Å². The highest BCUT2D eigenvalue weighted by molar-refractivity contribution is 5.43. The summed E-state index contributed by atoms with van der Waals surface area (Å²) in [7, 11) is 0. The minimum atomic E-state index is -0.301. The monoisotopic (exact) mass is 245 g/mol. The van der Waals surface area contributed by atoms with Gasteiger partial charge < -0.3 is 9.47 Å². The predicted octanol–water partition coefficient (Wildman–Crippen LogP) is 2.35. The zero-order chi connectivity index (χ0) is 13.0. The van der Waals surface area contributed by atoms with E-state index in [1.54, 1.807) is 0 Å². The van der Waals surface area contributed by atoms with E-state index in [9.17, 15) is 0 Å². The molecule has 0 unspecified atom stereocenters. The molecule has 0 atom stereocenters.